The van der Waals surface area contributed by atoms with E-state index in [2.05, 4.69) is 29.2 Å². The van der Waals surface area contributed by atoms with E-state index in [1.54, 1.807) is 0 Å². The van der Waals surface area contributed by atoms with E-state index in [0.29, 0.717) is 5.92 Å². The molecule has 2 aliphatic carbocycles. The van der Waals surface area contributed by atoms with Gasteiger partial charge in [0.2, 0.25) is 0 Å². The lowest BCUT2D eigenvalue weighted by atomic mass is 9.82. The van der Waals surface area contributed by atoms with Crippen molar-refractivity contribution in [3.05, 3.63) is 57.1 Å². The first-order valence-electron chi connectivity index (χ1n) is 8.02. The molecule has 1 atom stereocenters. The Morgan fingerprint density at radius 3 is 2.86 bits per heavy atom. The third-order valence-electron chi connectivity index (χ3n) is 4.93. The number of nitrogens with one attached hydrogen (secondary N) is 1. The van der Waals surface area contributed by atoms with Crippen molar-refractivity contribution in [1.29, 1.82) is 0 Å². The van der Waals surface area contributed by atoms with E-state index in [1.165, 1.54) is 54.5 Å². The van der Waals surface area contributed by atoms with Gasteiger partial charge in [0.25, 0.3) is 0 Å². The SMILES string of the molecule is S=c1nc(C2CCCc3ccccc32)[nH]c2c1CCCC2. The number of nitrogens with zero attached hydrogens (tertiary/aromatic N) is 1. The van der Waals surface area contributed by atoms with E-state index in [4.69, 9.17) is 17.2 Å². The molecule has 1 aromatic carbocycles. The lowest BCUT2D eigenvalue weighted by Crippen LogP contribution is -2.17. The number of aromatic amines is 1. The van der Waals surface area contributed by atoms with Gasteiger partial charge in [-0.15, -0.1) is 0 Å². The van der Waals surface area contributed by atoms with Crippen LogP contribution in [0.3, 0.4) is 0 Å². The predicted octanol–water partition coefficient (Wildman–Crippen LogP) is 4.49. The normalized spacial score (nSPS) is 20.7. The van der Waals surface area contributed by atoms with Gasteiger partial charge in [-0.3, -0.25) is 0 Å². The lowest BCUT2D eigenvalue weighted by molar-refractivity contribution is 0.575. The third kappa shape index (κ3) is 2.34. The maximum Gasteiger partial charge on any atom is 0.133 e. The van der Waals surface area contributed by atoms with Crippen LogP contribution in [0.25, 0.3) is 0 Å². The van der Waals surface area contributed by atoms with Crippen LogP contribution in [0.4, 0.5) is 0 Å². The molecule has 1 heterocycles. The fourth-order valence-corrected chi connectivity index (χ4v) is 4.17. The van der Waals surface area contributed by atoms with Crippen LogP contribution in [0.5, 0.6) is 0 Å². The van der Waals surface area contributed by atoms with Gasteiger partial charge >= 0.3 is 0 Å². The fourth-order valence-electron chi connectivity index (χ4n) is 3.84. The van der Waals surface area contributed by atoms with Gasteiger partial charge in [-0.05, 0) is 56.1 Å². The average Bonchev–Trinajstić information content (AvgIpc) is 2.54. The monoisotopic (exact) mass is 296 g/mol. The second-order valence-electron chi connectivity index (χ2n) is 6.24. The lowest BCUT2D eigenvalue weighted by Gasteiger charge is -2.26. The Balaban J connectivity index is 1.81. The van der Waals surface area contributed by atoms with Crippen LogP contribution in [-0.4, -0.2) is 9.97 Å². The smallest absolute Gasteiger partial charge is 0.133 e. The molecule has 0 fully saturated rings. The van der Waals surface area contributed by atoms with E-state index < -0.39 is 0 Å². The number of fused-ring (bicyclic) bond motifs is 2. The molecule has 0 spiro atoms. The van der Waals surface area contributed by atoms with Crippen LogP contribution in [-0.2, 0) is 19.3 Å². The minimum atomic E-state index is 0.392. The zero-order chi connectivity index (χ0) is 14.2. The highest BCUT2D eigenvalue weighted by atomic mass is 32.1. The highest BCUT2D eigenvalue weighted by molar-refractivity contribution is 7.71. The van der Waals surface area contributed by atoms with Gasteiger partial charge in [0.15, 0.2) is 0 Å². The van der Waals surface area contributed by atoms with Gasteiger partial charge in [0.1, 0.15) is 10.5 Å². The summed E-state index contributed by atoms with van der Waals surface area (Å²) in [4.78, 5) is 8.41. The number of hydrogen-bond acceptors (Lipinski definition) is 2. The summed E-state index contributed by atoms with van der Waals surface area (Å²) < 4.78 is 0.835. The molecule has 2 aliphatic rings. The zero-order valence-electron chi connectivity index (χ0n) is 12.2. The molecule has 0 radical (unpaired) electrons. The molecule has 21 heavy (non-hydrogen) atoms. The molecular formula is C18H20N2S. The first-order chi connectivity index (χ1) is 10.3. The minimum absolute atomic E-state index is 0.392. The number of H-pyrrole nitrogens is 1. The average molecular weight is 296 g/mol. The van der Waals surface area contributed by atoms with Crippen molar-refractivity contribution >= 4 is 12.2 Å². The molecule has 1 N–H and O–H groups in total. The molecule has 108 valence electrons. The Hall–Kier alpha value is -1.48. The molecule has 0 aliphatic heterocycles. The van der Waals surface area contributed by atoms with Gasteiger partial charge in [-0.1, -0.05) is 36.5 Å². The van der Waals surface area contributed by atoms with Gasteiger partial charge in [-0.2, -0.15) is 0 Å². The van der Waals surface area contributed by atoms with E-state index >= 15 is 0 Å². The molecular weight excluding hydrogens is 276 g/mol. The molecule has 0 saturated heterocycles. The second-order valence-corrected chi connectivity index (χ2v) is 6.62. The van der Waals surface area contributed by atoms with Crippen molar-refractivity contribution in [3.8, 4) is 0 Å². The van der Waals surface area contributed by atoms with Crippen molar-refractivity contribution < 1.29 is 0 Å². The fraction of sp³-hybridized carbons (Fsp3) is 0.444. The first-order valence-corrected chi connectivity index (χ1v) is 8.43. The largest absolute Gasteiger partial charge is 0.346 e. The van der Waals surface area contributed by atoms with Gasteiger partial charge in [0.05, 0.1) is 0 Å². The number of rotatable bonds is 1. The third-order valence-corrected chi connectivity index (χ3v) is 5.26. The van der Waals surface area contributed by atoms with Crippen LogP contribution in [0.2, 0.25) is 0 Å². The Morgan fingerprint density at radius 2 is 1.90 bits per heavy atom. The Labute approximate surface area is 130 Å². The Bertz CT molecular complexity index is 732. The highest BCUT2D eigenvalue weighted by Gasteiger charge is 2.24. The topological polar surface area (TPSA) is 28.7 Å². The van der Waals surface area contributed by atoms with Crippen molar-refractivity contribution in [1.82, 2.24) is 9.97 Å². The Kier molecular flexibility index (Phi) is 3.38. The number of hydrogen-bond donors (Lipinski definition) is 1. The quantitative estimate of drug-likeness (QED) is 0.786. The van der Waals surface area contributed by atoms with Crippen LogP contribution in [0.1, 0.15) is 59.8 Å². The predicted molar refractivity (Wildman–Crippen MR) is 87.3 cm³/mol. The summed E-state index contributed by atoms with van der Waals surface area (Å²) in [6.07, 6.45) is 8.34. The van der Waals surface area contributed by atoms with Crippen LogP contribution >= 0.6 is 12.2 Å². The molecule has 0 bridgehead atoms. The first kappa shape index (κ1) is 13.2. The van der Waals surface area contributed by atoms with Gasteiger partial charge < -0.3 is 4.98 Å². The number of benzene rings is 1. The summed E-state index contributed by atoms with van der Waals surface area (Å²) >= 11 is 5.56. The van der Waals surface area contributed by atoms with Crippen molar-refractivity contribution in [2.75, 3.05) is 0 Å². The maximum atomic E-state index is 5.56. The van der Waals surface area contributed by atoms with Gasteiger partial charge in [0, 0.05) is 17.2 Å². The summed E-state index contributed by atoms with van der Waals surface area (Å²) in [5, 5.41) is 0. The molecule has 2 aromatic rings. The van der Waals surface area contributed by atoms with Crippen LogP contribution < -0.4 is 0 Å². The van der Waals surface area contributed by atoms with Crippen molar-refractivity contribution in [3.63, 3.8) is 0 Å². The number of aryl methyl sites for hydroxylation is 2. The summed E-state index contributed by atoms with van der Waals surface area (Å²) in [6.45, 7) is 0. The summed E-state index contributed by atoms with van der Waals surface area (Å²) in [6, 6.07) is 8.81. The van der Waals surface area contributed by atoms with E-state index in [1.807, 2.05) is 0 Å². The maximum absolute atomic E-state index is 5.56. The van der Waals surface area contributed by atoms with E-state index in [-0.39, 0.29) is 0 Å². The summed E-state index contributed by atoms with van der Waals surface area (Å²) in [5.74, 6) is 1.48. The minimum Gasteiger partial charge on any atom is -0.346 e. The Morgan fingerprint density at radius 1 is 1.05 bits per heavy atom. The van der Waals surface area contributed by atoms with Crippen LogP contribution in [0.15, 0.2) is 24.3 Å². The highest BCUT2D eigenvalue weighted by Crippen LogP contribution is 2.35. The van der Waals surface area contributed by atoms with Crippen molar-refractivity contribution in [2.45, 2.75) is 50.9 Å². The molecule has 4 rings (SSSR count). The molecule has 2 nitrogen and oxygen atoms in total. The van der Waals surface area contributed by atoms with E-state index in [9.17, 15) is 0 Å². The molecule has 3 heteroatoms. The molecule has 1 unspecified atom stereocenters. The molecule has 0 saturated carbocycles. The zero-order valence-corrected chi connectivity index (χ0v) is 13.0. The summed E-state index contributed by atoms with van der Waals surface area (Å²) in [5.41, 5.74) is 5.56. The van der Waals surface area contributed by atoms with Crippen molar-refractivity contribution in [2.24, 2.45) is 0 Å². The summed E-state index contributed by atoms with van der Waals surface area (Å²) in [7, 11) is 0. The van der Waals surface area contributed by atoms with Crippen LogP contribution in [0, 0.1) is 4.64 Å². The number of aromatic nitrogens is 2. The standard InChI is InChI=1S/C18H20N2S/c21-18-15-9-3-4-11-16(15)19-17(20-18)14-10-5-7-12-6-1-2-8-13(12)14/h1-2,6,8,14H,3-5,7,9-11H2,(H,19,20,21). The molecule has 0 amide bonds. The molecule has 1 aromatic heterocycles. The van der Waals surface area contributed by atoms with E-state index in [0.717, 1.165) is 23.3 Å². The second kappa shape index (κ2) is 5.38. The van der Waals surface area contributed by atoms with Gasteiger partial charge in [-0.25, -0.2) is 4.98 Å².